The number of hydrogen-bond donors (Lipinski definition) is 0. The molecule has 8 aromatic carbocycles. The Morgan fingerprint density at radius 1 is 0.241 bits per heavy atom. The summed E-state index contributed by atoms with van der Waals surface area (Å²) in [6, 6.07) is 85.6. The Labute approximate surface area is 347 Å². The van der Waals surface area contributed by atoms with Gasteiger partial charge in [0.2, 0.25) is 0 Å². The van der Waals surface area contributed by atoms with Gasteiger partial charge in [0.15, 0.2) is 16.1 Å². The van der Waals surface area contributed by atoms with Gasteiger partial charge in [-0.15, -0.1) is 0 Å². The molecule has 0 nitrogen and oxygen atoms in total. The Morgan fingerprint density at radius 3 is 0.621 bits per heavy atom. The smallest absolute Gasteiger partial charge is 0.0670 e. The SMILES string of the molecule is CC(=C(C)[Si](c1ccccc1)(c1ccccc1)c1ccccc1)c1ccc(-c2ccc(C(C)=C(C)[Si](c3ccccc3)(c3ccccc3)c3ccccc3)cc2)cc1. The van der Waals surface area contributed by atoms with Crippen LogP contribution in [0.4, 0.5) is 0 Å². The topological polar surface area (TPSA) is 0 Å². The highest BCUT2D eigenvalue weighted by Gasteiger charge is 2.43. The summed E-state index contributed by atoms with van der Waals surface area (Å²) in [6.07, 6.45) is 0. The van der Waals surface area contributed by atoms with Gasteiger partial charge in [-0.05, 0) is 92.2 Å². The maximum atomic E-state index is 2.38. The largest absolute Gasteiger partial charge is 0.175 e. The highest BCUT2D eigenvalue weighted by atomic mass is 28.3. The van der Waals surface area contributed by atoms with E-state index < -0.39 is 16.1 Å². The van der Waals surface area contributed by atoms with Gasteiger partial charge >= 0.3 is 0 Å². The fourth-order valence-corrected chi connectivity index (χ4v) is 19.4. The molecule has 8 rings (SSSR count). The summed E-state index contributed by atoms with van der Waals surface area (Å²) >= 11 is 0. The minimum absolute atomic E-state index is 1.22. The summed E-state index contributed by atoms with van der Waals surface area (Å²) in [5, 5.41) is 11.3. The number of allylic oxidation sites excluding steroid dienone is 4. The maximum Gasteiger partial charge on any atom is 0.175 e. The Hall–Kier alpha value is -6.33. The lowest BCUT2D eigenvalue weighted by molar-refractivity contribution is 1.47. The lowest BCUT2D eigenvalue weighted by atomic mass is 9.98. The van der Waals surface area contributed by atoms with E-state index >= 15 is 0 Å². The number of rotatable bonds is 11. The molecule has 0 fully saturated rings. The van der Waals surface area contributed by atoms with Crippen LogP contribution in [0, 0.1) is 0 Å². The lowest BCUT2D eigenvalue weighted by Crippen LogP contribution is -2.68. The zero-order valence-corrected chi connectivity index (χ0v) is 35.9. The van der Waals surface area contributed by atoms with Crippen molar-refractivity contribution in [2.24, 2.45) is 0 Å². The first-order valence-corrected chi connectivity index (χ1v) is 24.4. The zero-order valence-electron chi connectivity index (χ0n) is 33.9. The average Bonchev–Trinajstić information content (AvgIpc) is 3.31. The van der Waals surface area contributed by atoms with Crippen LogP contribution in [0.15, 0.2) is 241 Å². The first-order valence-electron chi connectivity index (χ1n) is 20.4. The minimum atomic E-state index is -2.58. The molecule has 0 N–H and O–H groups in total. The average molecular weight is 779 g/mol. The molecule has 0 amide bonds. The van der Waals surface area contributed by atoms with Gasteiger partial charge in [0.1, 0.15) is 0 Å². The molecule has 0 spiro atoms. The highest BCUT2D eigenvalue weighted by Crippen LogP contribution is 2.31. The molecule has 0 aliphatic heterocycles. The van der Waals surface area contributed by atoms with E-state index in [4.69, 9.17) is 0 Å². The zero-order chi connectivity index (χ0) is 40.0. The second-order valence-electron chi connectivity index (χ2n) is 15.4. The van der Waals surface area contributed by atoms with E-state index in [2.05, 4.69) is 258 Å². The molecule has 0 bridgehead atoms. The molecule has 0 aliphatic carbocycles. The van der Waals surface area contributed by atoms with E-state index in [9.17, 15) is 0 Å². The molecular weight excluding hydrogens is 729 g/mol. The fourth-order valence-electron chi connectivity index (χ4n) is 9.25. The molecule has 0 heterocycles. The van der Waals surface area contributed by atoms with Crippen LogP contribution in [-0.4, -0.2) is 16.1 Å². The Morgan fingerprint density at radius 2 is 0.431 bits per heavy atom. The Bertz CT molecular complexity index is 2250. The summed E-state index contributed by atoms with van der Waals surface area (Å²) in [5.74, 6) is 0. The third-order valence-electron chi connectivity index (χ3n) is 12.5. The summed E-state index contributed by atoms with van der Waals surface area (Å²) in [7, 11) is -5.16. The summed E-state index contributed by atoms with van der Waals surface area (Å²) < 4.78 is 0. The van der Waals surface area contributed by atoms with E-state index in [1.165, 1.54) is 74.9 Å². The van der Waals surface area contributed by atoms with Gasteiger partial charge in [-0.2, -0.15) is 0 Å². The second kappa shape index (κ2) is 17.0. The van der Waals surface area contributed by atoms with E-state index in [1.54, 1.807) is 0 Å². The van der Waals surface area contributed by atoms with Gasteiger partial charge in [0.25, 0.3) is 0 Å². The van der Waals surface area contributed by atoms with Gasteiger partial charge in [0, 0.05) is 0 Å². The maximum absolute atomic E-state index is 2.58. The monoisotopic (exact) mass is 778 g/mol. The molecule has 0 radical (unpaired) electrons. The molecule has 0 saturated carbocycles. The standard InChI is InChI=1S/C56H50Si2/c1-43(45(3)57(51-23-11-5-12-24-51,52-25-13-6-14-26-52)53-27-15-7-16-28-53)47-35-39-49(40-36-47)50-41-37-48(38-42-50)44(2)46(4)58(54-29-17-8-18-30-54,55-31-19-9-20-32-55)56-33-21-10-22-34-56/h5-42H,1-4H3. The van der Waals surface area contributed by atoms with Crippen LogP contribution in [0.2, 0.25) is 0 Å². The van der Waals surface area contributed by atoms with Crippen molar-refractivity contribution in [2.45, 2.75) is 27.7 Å². The quantitative estimate of drug-likeness (QED) is 0.0906. The summed E-state index contributed by atoms with van der Waals surface area (Å²) in [5.41, 5.74) is 7.64. The Kier molecular flexibility index (Phi) is 11.3. The molecule has 282 valence electrons. The predicted molar refractivity (Wildman–Crippen MR) is 256 cm³/mol. The van der Waals surface area contributed by atoms with E-state index in [1.807, 2.05) is 0 Å². The van der Waals surface area contributed by atoms with Crippen molar-refractivity contribution >= 4 is 58.4 Å². The van der Waals surface area contributed by atoms with E-state index in [0.29, 0.717) is 0 Å². The van der Waals surface area contributed by atoms with E-state index in [0.717, 1.165) is 0 Å². The summed E-state index contributed by atoms with van der Waals surface area (Å²) in [6.45, 7) is 9.39. The van der Waals surface area contributed by atoms with Gasteiger partial charge < -0.3 is 0 Å². The Balaban J connectivity index is 1.17. The number of benzene rings is 8. The molecule has 8 aromatic rings. The van der Waals surface area contributed by atoms with Crippen molar-refractivity contribution in [1.82, 2.24) is 0 Å². The molecule has 2 heteroatoms. The molecule has 0 atom stereocenters. The van der Waals surface area contributed by atoms with Gasteiger partial charge in [0.05, 0.1) is 0 Å². The lowest BCUT2D eigenvalue weighted by Gasteiger charge is -2.36. The van der Waals surface area contributed by atoms with Crippen LogP contribution in [0.3, 0.4) is 0 Å². The molecule has 0 saturated heterocycles. The van der Waals surface area contributed by atoms with Crippen LogP contribution < -0.4 is 31.1 Å². The number of hydrogen-bond acceptors (Lipinski definition) is 0. The van der Waals surface area contributed by atoms with Crippen LogP contribution in [0.5, 0.6) is 0 Å². The van der Waals surface area contributed by atoms with E-state index in [-0.39, 0.29) is 0 Å². The van der Waals surface area contributed by atoms with Crippen molar-refractivity contribution < 1.29 is 0 Å². The van der Waals surface area contributed by atoms with Crippen molar-refractivity contribution in [1.29, 1.82) is 0 Å². The van der Waals surface area contributed by atoms with Crippen molar-refractivity contribution in [2.75, 3.05) is 0 Å². The van der Waals surface area contributed by atoms with Crippen molar-refractivity contribution in [3.63, 3.8) is 0 Å². The van der Waals surface area contributed by atoms with Gasteiger partial charge in [-0.3, -0.25) is 0 Å². The molecule has 58 heavy (non-hydrogen) atoms. The van der Waals surface area contributed by atoms with Crippen molar-refractivity contribution in [3.8, 4) is 11.1 Å². The third kappa shape index (κ3) is 7.00. The van der Waals surface area contributed by atoms with Gasteiger partial charge in [-0.1, -0.05) is 241 Å². The van der Waals surface area contributed by atoms with Gasteiger partial charge in [-0.25, -0.2) is 0 Å². The minimum Gasteiger partial charge on any atom is -0.0670 e. The molecule has 0 aliphatic rings. The first kappa shape index (κ1) is 38.5. The normalized spacial score (nSPS) is 12.7. The molecular formula is C56H50Si2. The second-order valence-corrected chi connectivity index (χ2v) is 23.3. The van der Waals surface area contributed by atoms with Crippen LogP contribution >= 0.6 is 0 Å². The predicted octanol–water partition coefficient (Wildman–Crippen LogP) is 10.4. The first-order chi connectivity index (χ1) is 28.5. The highest BCUT2D eigenvalue weighted by molar-refractivity contribution is 7.17. The molecule has 0 unspecified atom stereocenters. The summed E-state index contributed by atoms with van der Waals surface area (Å²) in [4.78, 5) is 0. The van der Waals surface area contributed by atoms with Crippen LogP contribution in [0.1, 0.15) is 38.8 Å². The molecule has 0 aromatic heterocycles. The van der Waals surface area contributed by atoms with Crippen molar-refractivity contribution in [3.05, 3.63) is 252 Å². The third-order valence-corrected chi connectivity index (χ3v) is 22.7. The van der Waals surface area contributed by atoms with Crippen LogP contribution in [-0.2, 0) is 0 Å². The fraction of sp³-hybridized carbons (Fsp3) is 0.0714. The van der Waals surface area contributed by atoms with Crippen LogP contribution in [0.25, 0.3) is 22.3 Å².